The molecule has 0 N–H and O–H groups in total. The van der Waals surface area contributed by atoms with E-state index in [0.717, 1.165) is 26.0 Å². The van der Waals surface area contributed by atoms with Crippen LogP contribution >= 0.6 is 27.7 Å². The average Bonchev–Trinajstić information content (AvgIpc) is 2.87. The summed E-state index contributed by atoms with van der Waals surface area (Å²) in [7, 11) is 0.351. The van der Waals surface area contributed by atoms with Gasteiger partial charge >= 0.3 is 0 Å². The average molecular weight is 467 g/mol. The third-order valence-corrected chi connectivity index (χ3v) is 8.46. The van der Waals surface area contributed by atoms with E-state index in [1.807, 2.05) is 58.3 Å². The highest BCUT2D eigenvalue weighted by atomic mass is 79.9. The maximum absolute atomic E-state index is 13.4. The Labute approximate surface area is 173 Å². The van der Waals surface area contributed by atoms with Crippen LogP contribution in [0.2, 0.25) is 0 Å². The van der Waals surface area contributed by atoms with Crippen molar-refractivity contribution in [1.29, 1.82) is 0 Å². The number of thioether (sulfide) groups is 1. The number of hydrogen-bond donors (Lipinski definition) is 0. The Morgan fingerprint density at radius 3 is 2.30 bits per heavy atom. The fourth-order valence-corrected chi connectivity index (χ4v) is 5.97. The summed E-state index contributed by atoms with van der Waals surface area (Å²) in [5.74, 6) is 0. The van der Waals surface area contributed by atoms with Crippen LogP contribution in [0.15, 0.2) is 56.7 Å². The maximum Gasteiger partial charge on any atom is 0.268 e. The van der Waals surface area contributed by atoms with Crippen LogP contribution in [0.1, 0.15) is 18.2 Å². The van der Waals surface area contributed by atoms with Gasteiger partial charge in [-0.3, -0.25) is 4.90 Å². The third-order valence-electron chi connectivity index (χ3n) is 4.63. The number of nitrogens with zero attached hydrogens (tertiary/aromatic N) is 2. The van der Waals surface area contributed by atoms with Crippen molar-refractivity contribution in [3.63, 3.8) is 0 Å². The Balaban J connectivity index is 2.27. The second-order valence-corrected chi connectivity index (χ2v) is 10.9. The van der Waals surface area contributed by atoms with Gasteiger partial charge in [0.25, 0.3) is 10.0 Å². The molecule has 0 aliphatic carbocycles. The molecule has 0 radical (unpaired) electrons. The van der Waals surface area contributed by atoms with Gasteiger partial charge in [0, 0.05) is 20.4 Å². The number of benzene rings is 2. The SMILES string of the molecule is Cc1ccc(S(=O)(=O)n2c(C)c(SC(C)N(C)C)c3cc(Br)ccc32)cc1. The monoisotopic (exact) mass is 466 g/mol. The van der Waals surface area contributed by atoms with Crippen LogP contribution in [0.3, 0.4) is 0 Å². The Morgan fingerprint density at radius 2 is 1.70 bits per heavy atom. The van der Waals surface area contributed by atoms with Crippen LogP contribution in [-0.4, -0.2) is 36.8 Å². The van der Waals surface area contributed by atoms with Gasteiger partial charge in [0.15, 0.2) is 0 Å². The first-order valence-electron chi connectivity index (χ1n) is 8.59. The van der Waals surface area contributed by atoms with Gasteiger partial charge < -0.3 is 0 Å². The van der Waals surface area contributed by atoms with Crippen LogP contribution in [-0.2, 0) is 10.0 Å². The Morgan fingerprint density at radius 1 is 1.07 bits per heavy atom. The molecule has 144 valence electrons. The summed E-state index contributed by atoms with van der Waals surface area (Å²) in [6.07, 6.45) is 0. The van der Waals surface area contributed by atoms with Gasteiger partial charge in [-0.05, 0) is 65.2 Å². The van der Waals surface area contributed by atoms with Gasteiger partial charge in [0.1, 0.15) is 0 Å². The first-order chi connectivity index (χ1) is 12.6. The highest BCUT2D eigenvalue weighted by molar-refractivity contribution is 9.10. The molecular formula is C20H23BrN2O2S2. The van der Waals surface area contributed by atoms with E-state index in [1.54, 1.807) is 23.9 Å². The molecule has 0 fully saturated rings. The van der Waals surface area contributed by atoms with Crippen molar-refractivity contribution in [2.75, 3.05) is 14.1 Å². The molecule has 0 saturated carbocycles. The number of rotatable bonds is 5. The van der Waals surface area contributed by atoms with E-state index in [-0.39, 0.29) is 5.37 Å². The van der Waals surface area contributed by atoms with Crippen molar-refractivity contribution in [3.05, 3.63) is 58.2 Å². The van der Waals surface area contributed by atoms with Crippen molar-refractivity contribution in [2.45, 2.75) is 35.9 Å². The molecule has 0 aliphatic heterocycles. The summed E-state index contributed by atoms with van der Waals surface area (Å²) in [5.41, 5.74) is 2.47. The number of hydrogen-bond acceptors (Lipinski definition) is 4. The van der Waals surface area contributed by atoms with Gasteiger partial charge in [0.2, 0.25) is 0 Å². The molecule has 3 aromatic rings. The minimum absolute atomic E-state index is 0.212. The molecule has 3 rings (SSSR count). The second-order valence-electron chi connectivity index (χ2n) is 6.84. The molecule has 0 amide bonds. The van der Waals surface area contributed by atoms with E-state index in [0.29, 0.717) is 10.4 Å². The fraction of sp³-hybridized carbons (Fsp3) is 0.300. The lowest BCUT2D eigenvalue weighted by Gasteiger charge is -2.19. The number of fused-ring (bicyclic) bond motifs is 1. The van der Waals surface area contributed by atoms with E-state index in [2.05, 4.69) is 27.8 Å². The number of halogens is 1. The zero-order valence-corrected chi connectivity index (χ0v) is 19.2. The van der Waals surface area contributed by atoms with Gasteiger partial charge in [-0.15, -0.1) is 11.8 Å². The topological polar surface area (TPSA) is 42.3 Å². The van der Waals surface area contributed by atoms with Gasteiger partial charge in [0.05, 0.1) is 15.8 Å². The summed E-state index contributed by atoms with van der Waals surface area (Å²) in [6.45, 7) is 5.94. The zero-order valence-electron chi connectivity index (χ0n) is 16.0. The lowest BCUT2D eigenvalue weighted by Crippen LogP contribution is -2.21. The highest BCUT2D eigenvalue weighted by Gasteiger charge is 2.26. The molecule has 1 aromatic heterocycles. The summed E-state index contributed by atoms with van der Waals surface area (Å²) in [4.78, 5) is 3.40. The van der Waals surface area contributed by atoms with Crippen molar-refractivity contribution < 1.29 is 8.42 Å². The largest absolute Gasteiger partial charge is 0.298 e. The maximum atomic E-state index is 13.4. The van der Waals surface area contributed by atoms with E-state index in [9.17, 15) is 8.42 Å². The fourth-order valence-electron chi connectivity index (χ4n) is 2.89. The molecular weight excluding hydrogens is 444 g/mol. The molecule has 1 unspecified atom stereocenters. The zero-order chi connectivity index (χ0) is 19.9. The summed E-state index contributed by atoms with van der Waals surface area (Å²) in [5, 5.41) is 1.15. The van der Waals surface area contributed by atoms with E-state index >= 15 is 0 Å². The van der Waals surface area contributed by atoms with Crippen LogP contribution in [0.4, 0.5) is 0 Å². The lowest BCUT2D eigenvalue weighted by atomic mass is 10.2. The van der Waals surface area contributed by atoms with Gasteiger partial charge in [-0.1, -0.05) is 33.6 Å². The molecule has 0 spiro atoms. The third kappa shape index (κ3) is 3.83. The summed E-state index contributed by atoms with van der Waals surface area (Å²) >= 11 is 5.19. The normalized spacial score (nSPS) is 13.4. The minimum Gasteiger partial charge on any atom is -0.298 e. The van der Waals surface area contributed by atoms with Gasteiger partial charge in [-0.25, -0.2) is 12.4 Å². The molecule has 1 heterocycles. The molecule has 0 saturated heterocycles. The molecule has 1 atom stereocenters. The smallest absolute Gasteiger partial charge is 0.268 e. The van der Waals surface area contributed by atoms with Crippen molar-refractivity contribution in [2.24, 2.45) is 0 Å². The predicted molar refractivity (Wildman–Crippen MR) is 117 cm³/mol. The number of aryl methyl sites for hydroxylation is 1. The van der Waals surface area contributed by atoms with Crippen molar-refractivity contribution in [1.82, 2.24) is 8.87 Å². The predicted octanol–water partition coefficient (Wildman–Crippen LogP) is 5.26. The Kier molecular flexibility index (Phi) is 5.77. The molecule has 0 aliphatic rings. The van der Waals surface area contributed by atoms with E-state index in [4.69, 9.17) is 0 Å². The van der Waals surface area contributed by atoms with Gasteiger partial charge in [-0.2, -0.15) is 0 Å². The van der Waals surface area contributed by atoms with Crippen molar-refractivity contribution in [3.8, 4) is 0 Å². The second kappa shape index (κ2) is 7.62. The van der Waals surface area contributed by atoms with E-state index < -0.39 is 10.0 Å². The standard InChI is InChI=1S/C20H23BrN2O2S2/c1-13-6-9-17(10-7-13)27(24,25)23-14(2)20(26-15(3)22(4)5)18-12-16(21)8-11-19(18)23/h6-12,15H,1-5H3. The van der Waals surface area contributed by atoms with Crippen LogP contribution < -0.4 is 0 Å². The molecule has 27 heavy (non-hydrogen) atoms. The highest BCUT2D eigenvalue weighted by Crippen LogP contribution is 2.39. The molecule has 0 bridgehead atoms. The first-order valence-corrected chi connectivity index (χ1v) is 11.7. The first kappa shape index (κ1) is 20.5. The lowest BCUT2D eigenvalue weighted by molar-refractivity contribution is 0.402. The number of aromatic nitrogens is 1. The summed E-state index contributed by atoms with van der Waals surface area (Å²) < 4.78 is 29.3. The van der Waals surface area contributed by atoms with Crippen LogP contribution in [0, 0.1) is 13.8 Å². The Hall–Kier alpha value is -1.28. The molecule has 2 aromatic carbocycles. The Bertz CT molecular complexity index is 1090. The van der Waals surface area contributed by atoms with Crippen LogP contribution in [0.25, 0.3) is 10.9 Å². The molecule has 4 nitrogen and oxygen atoms in total. The van der Waals surface area contributed by atoms with Crippen molar-refractivity contribution >= 4 is 48.6 Å². The van der Waals surface area contributed by atoms with Crippen LogP contribution in [0.5, 0.6) is 0 Å². The molecule has 7 heteroatoms. The minimum atomic E-state index is -3.69. The quantitative estimate of drug-likeness (QED) is 0.379. The summed E-state index contributed by atoms with van der Waals surface area (Å²) in [6, 6.07) is 12.7. The van der Waals surface area contributed by atoms with E-state index in [1.165, 1.54) is 3.97 Å².